The lowest BCUT2D eigenvalue weighted by Crippen LogP contribution is -2.15. The Balaban J connectivity index is 3.51. The van der Waals surface area contributed by atoms with Gasteiger partial charge >= 0.3 is 0 Å². The molecule has 0 bridgehead atoms. The van der Waals surface area contributed by atoms with Crippen molar-refractivity contribution in [3.05, 3.63) is 29.1 Å². The van der Waals surface area contributed by atoms with E-state index in [1.54, 1.807) is 0 Å². The molecule has 4 nitrogen and oxygen atoms in total. The predicted octanol–water partition coefficient (Wildman–Crippen LogP) is 0.240. The van der Waals surface area contributed by atoms with Crippen LogP contribution in [0.5, 0.6) is 0 Å². The van der Waals surface area contributed by atoms with Crippen LogP contribution in [0.1, 0.15) is 11.1 Å². The van der Waals surface area contributed by atoms with Crippen molar-refractivity contribution in [2.24, 2.45) is 10.9 Å². The van der Waals surface area contributed by atoms with Crippen molar-refractivity contribution in [2.75, 3.05) is 0 Å². The average molecular weight is 218 g/mol. The van der Waals surface area contributed by atoms with E-state index >= 15 is 0 Å². The van der Waals surface area contributed by atoms with E-state index in [0.717, 1.165) is 0 Å². The third kappa shape index (κ3) is 2.09. The van der Waals surface area contributed by atoms with Crippen LogP contribution in [0.3, 0.4) is 0 Å². The Morgan fingerprint density at radius 3 is 2.43 bits per heavy atom. The zero-order chi connectivity index (χ0) is 10.9. The second-order valence-electron chi connectivity index (χ2n) is 2.95. The van der Waals surface area contributed by atoms with Gasteiger partial charge in [-0.2, -0.15) is 0 Å². The van der Waals surface area contributed by atoms with E-state index in [9.17, 15) is 12.8 Å². The standard InChI is InChI=1S/C8H11FN2O2S/c1-5-7(9)2-6(4-10)3-8(5)14(11,12)13/h2-3H,4,10H2,1H3,(H2,11,12,13). The molecule has 0 saturated carbocycles. The summed E-state index contributed by atoms with van der Waals surface area (Å²) in [7, 11) is -3.88. The topological polar surface area (TPSA) is 86.2 Å². The Labute approximate surface area is 81.8 Å². The van der Waals surface area contributed by atoms with E-state index in [4.69, 9.17) is 10.9 Å². The van der Waals surface area contributed by atoms with Gasteiger partial charge in [0.05, 0.1) is 4.90 Å². The quantitative estimate of drug-likeness (QED) is 0.745. The number of halogens is 1. The third-order valence-corrected chi connectivity index (χ3v) is 2.94. The van der Waals surface area contributed by atoms with Crippen LogP contribution >= 0.6 is 0 Å². The van der Waals surface area contributed by atoms with Crippen molar-refractivity contribution in [3.63, 3.8) is 0 Å². The van der Waals surface area contributed by atoms with Crippen molar-refractivity contribution in [2.45, 2.75) is 18.4 Å². The van der Waals surface area contributed by atoms with E-state index in [0.29, 0.717) is 5.56 Å². The summed E-state index contributed by atoms with van der Waals surface area (Å²) in [5.74, 6) is -0.614. The van der Waals surface area contributed by atoms with Crippen LogP contribution in [0.15, 0.2) is 17.0 Å². The minimum Gasteiger partial charge on any atom is -0.326 e. The molecule has 0 aromatic heterocycles. The molecule has 4 N–H and O–H groups in total. The van der Waals surface area contributed by atoms with E-state index in [2.05, 4.69) is 0 Å². The van der Waals surface area contributed by atoms with Gasteiger partial charge in [-0.05, 0) is 24.6 Å². The summed E-state index contributed by atoms with van der Waals surface area (Å²) in [5.41, 5.74) is 5.70. The van der Waals surface area contributed by atoms with Gasteiger partial charge in [-0.1, -0.05) is 0 Å². The smallest absolute Gasteiger partial charge is 0.238 e. The highest BCUT2D eigenvalue weighted by Crippen LogP contribution is 2.18. The first-order chi connectivity index (χ1) is 6.36. The number of primary sulfonamides is 1. The predicted molar refractivity (Wildman–Crippen MR) is 50.4 cm³/mol. The maximum Gasteiger partial charge on any atom is 0.238 e. The van der Waals surface area contributed by atoms with E-state index in [1.165, 1.54) is 19.1 Å². The molecule has 0 atom stereocenters. The van der Waals surface area contributed by atoms with E-state index < -0.39 is 15.8 Å². The molecule has 0 heterocycles. The monoisotopic (exact) mass is 218 g/mol. The average Bonchev–Trinajstić information content (AvgIpc) is 2.07. The van der Waals surface area contributed by atoms with Crippen molar-refractivity contribution >= 4 is 10.0 Å². The summed E-state index contributed by atoms with van der Waals surface area (Å²) in [5, 5.41) is 4.91. The summed E-state index contributed by atoms with van der Waals surface area (Å²) in [6.07, 6.45) is 0. The van der Waals surface area contributed by atoms with Gasteiger partial charge in [-0.15, -0.1) is 0 Å². The Morgan fingerprint density at radius 2 is 2.00 bits per heavy atom. The minimum absolute atomic E-state index is 0.0182. The fraction of sp³-hybridized carbons (Fsp3) is 0.250. The van der Waals surface area contributed by atoms with Crippen molar-refractivity contribution in [3.8, 4) is 0 Å². The maximum absolute atomic E-state index is 13.2. The molecule has 0 aliphatic rings. The zero-order valence-corrected chi connectivity index (χ0v) is 8.44. The summed E-state index contributed by atoms with van der Waals surface area (Å²) in [4.78, 5) is -0.210. The summed E-state index contributed by atoms with van der Waals surface area (Å²) >= 11 is 0. The van der Waals surface area contributed by atoms with Crippen molar-refractivity contribution < 1.29 is 12.8 Å². The second-order valence-corrected chi connectivity index (χ2v) is 4.48. The van der Waals surface area contributed by atoms with E-state index in [1.807, 2.05) is 0 Å². The largest absolute Gasteiger partial charge is 0.326 e. The maximum atomic E-state index is 13.2. The zero-order valence-electron chi connectivity index (χ0n) is 7.62. The fourth-order valence-electron chi connectivity index (χ4n) is 1.12. The number of benzene rings is 1. The Hall–Kier alpha value is -0.980. The number of nitrogens with two attached hydrogens (primary N) is 2. The van der Waals surface area contributed by atoms with Gasteiger partial charge in [0.1, 0.15) is 5.82 Å². The fourth-order valence-corrected chi connectivity index (χ4v) is 1.96. The number of rotatable bonds is 2. The molecule has 0 amide bonds. The Kier molecular flexibility index (Phi) is 2.89. The third-order valence-electron chi connectivity index (χ3n) is 1.90. The van der Waals surface area contributed by atoms with Crippen LogP contribution in [-0.4, -0.2) is 8.42 Å². The SMILES string of the molecule is Cc1c(F)cc(CN)cc1S(N)(=O)=O. The summed E-state index contributed by atoms with van der Waals surface area (Å²) < 4.78 is 35.3. The number of hydrogen-bond acceptors (Lipinski definition) is 3. The van der Waals surface area contributed by atoms with Crippen LogP contribution in [0, 0.1) is 12.7 Å². The highest BCUT2D eigenvalue weighted by molar-refractivity contribution is 7.89. The second kappa shape index (κ2) is 3.64. The molecule has 0 radical (unpaired) electrons. The molecule has 1 aromatic rings. The molecular formula is C8H11FN2O2S. The normalized spacial score (nSPS) is 11.7. The molecule has 0 saturated heterocycles. The first-order valence-electron chi connectivity index (χ1n) is 3.88. The molecule has 0 fully saturated rings. The summed E-state index contributed by atoms with van der Waals surface area (Å²) in [6.45, 7) is 1.43. The van der Waals surface area contributed by atoms with Crippen LogP contribution in [0.2, 0.25) is 0 Å². The first kappa shape index (κ1) is 11.1. The van der Waals surface area contributed by atoms with Crippen LogP contribution in [-0.2, 0) is 16.6 Å². The lowest BCUT2D eigenvalue weighted by molar-refractivity contribution is 0.586. The highest BCUT2D eigenvalue weighted by atomic mass is 32.2. The van der Waals surface area contributed by atoms with E-state index in [-0.39, 0.29) is 17.0 Å². The van der Waals surface area contributed by atoms with Gasteiger partial charge in [0.15, 0.2) is 0 Å². The van der Waals surface area contributed by atoms with Gasteiger partial charge in [-0.3, -0.25) is 0 Å². The molecule has 78 valence electrons. The van der Waals surface area contributed by atoms with Gasteiger partial charge < -0.3 is 5.73 Å². The molecule has 0 aliphatic heterocycles. The first-order valence-corrected chi connectivity index (χ1v) is 5.42. The molecule has 6 heteroatoms. The lowest BCUT2D eigenvalue weighted by atomic mass is 10.1. The molecule has 0 unspecified atom stereocenters. The highest BCUT2D eigenvalue weighted by Gasteiger charge is 2.15. The van der Waals surface area contributed by atoms with Crippen LogP contribution in [0.25, 0.3) is 0 Å². The van der Waals surface area contributed by atoms with Gasteiger partial charge in [-0.25, -0.2) is 17.9 Å². The van der Waals surface area contributed by atoms with Gasteiger partial charge in [0.25, 0.3) is 0 Å². The van der Waals surface area contributed by atoms with Crippen LogP contribution in [0.4, 0.5) is 4.39 Å². The van der Waals surface area contributed by atoms with Crippen molar-refractivity contribution in [1.82, 2.24) is 0 Å². The summed E-state index contributed by atoms with van der Waals surface area (Å²) in [6, 6.07) is 2.48. The molecule has 0 spiro atoms. The van der Waals surface area contributed by atoms with Gasteiger partial charge in [0.2, 0.25) is 10.0 Å². The molecule has 0 aliphatic carbocycles. The van der Waals surface area contributed by atoms with Crippen molar-refractivity contribution in [1.29, 1.82) is 0 Å². The number of hydrogen-bond donors (Lipinski definition) is 2. The minimum atomic E-state index is -3.88. The Bertz CT molecular complexity index is 457. The molecular weight excluding hydrogens is 207 g/mol. The molecule has 14 heavy (non-hydrogen) atoms. The van der Waals surface area contributed by atoms with Crippen LogP contribution < -0.4 is 10.9 Å². The Morgan fingerprint density at radius 1 is 1.43 bits per heavy atom. The molecule has 1 rings (SSSR count). The number of sulfonamides is 1. The molecule has 1 aromatic carbocycles. The van der Waals surface area contributed by atoms with Gasteiger partial charge in [0, 0.05) is 12.1 Å². The lowest BCUT2D eigenvalue weighted by Gasteiger charge is -2.06.